The Labute approximate surface area is 116 Å². The van der Waals surface area contributed by atoms with Crippen molar-refractivity contribution in [1.82, 2.24) is 15.5 Å². The predicted octanol–water partition coefficient (Wildman–Crippen LogP) is 1.17. The van der Waals surface area contributed by atoms with Crippen molar-refractivity contribution < 1.29 is 9.47 Å². The van der Waals surface area contributed by atoms with Gasteiger partial charge in [0.1, 0.15) is 11.5 Å². The molecule has 1 heterocycles. The maximum atomic E-state index is 11.7. The highest BCUT2D eigenvalue weighted by atomic mass is 16.5. The molecular weight excluding hydrogens is 258 g/mol. The SMILES string of the molecule is CNCc1cc(-c2cc(OC)ccc2OC)n[nH]c1=O. The zero-order valence-electron chi connectivity index (χ0n) is 11.7. The average Bonchev–Trinajstić information content (AvgIpc) is 2.49. The fraction of sp³-hybridized carbons (Fsp3) is 0.286. The first-order valence-electron chi connectivity index (χ1n) is 6.15. The zero-order chi connectivity index (χ0) is 14.5. The summed E-state index contributed by atoms with van der Waals surface area (Å²) < 4.78 is 10.5. The molecule has 1 aromatic carbocycles. The van der Waals surface area contributed by atoms with Crippen molar-refractivity contribution >= 4 is 0 Å². The number of aromatic nitrogens is 2. The van der Waals surface area contributed by atoms with Crippen LogP contribution in [0.2, 0.25) is 0 Å². The second-order valence-electron chi connectivity index (χ2n) is 4.20. The number of rotatable bonds is 5. The minimum absolute atomic E-state index is 0.204. The highest BCUT2D eigenvalue weighted by molar-refractivity contribution is 5.69. The third-order valence-electron chi connectivity index (χ3n) is 2.93. The molecule has 20 heavy (non-hydrogen) atoms. The number of ether oxygens (including phenoxy) is 2. The van der Waals surface area contributed by atoms with Gasteiger partial charge < -0.3 is 14.8 Å². The zero-order valence-corrected chi connectivity index (χ0v) is 11.7. The smallest absolute Gasteiger partial charge is 0.268 e. The molecule has 0 unspecified atom stereocenters. The minimum Gasteiger partial charge on any atom is -0.497 e. The van der Waals surface area contributed by atoms with E-state index in [-0.39, 0.29) is 5.56 Å². The van der Waals surface area contributed by atoms with Gasteiger partial charge in [-0.05, 0) is 31.3 Å². The number of hydrogen-bond acceptors (Lipinski definition) is 5. The molecule has 0 aliphatic rings. The number of benzene rings is 1. The van der Waals surface area contributed by atoms with Gasteiger partial charge in [-0.2, -0.15) is 5.10 Å². The summed E-state index contributed by atoms with van der Waals surface area (Å²) in [5.41, 5.74) is 1.80. The van der Waals surface area contributed by atoms with E-state index in [1.165, 1.54) is 0 Å². The number of H-pyrrole nitrogens is 1. The molecule has 0 saturated carbocycles. The van der Waals surface area contributed by atoms with Gasteiger partial charge in [0.25, 0.3) is 5.56 Å². The standard InChI is InChI=1S/C14H17N3O3/c1-15-8-9-6-12(16-17-14(9)18)11-7-10(19-2)4-5-13(11)20-3/h4-7,15H,8H2,1-3H3,(H,17,18). The normalized spacial score (nSPS) is 10.3. The van der Waals surface area contributed by atoms with Crippen LogP contribution in [-0.2, 0) is 6.54 Å². The summed E-state index contributed by atoms with van der Waals surface area (Å²) in [5, 5.41) is 9.52. The summed E-state index contributed by atoms with van der Waals surface area (Å²) >= 11 is 0. The number of methoxy groups -OCH3 is 2. The second kappa shape index (κ2) is 6.21. The topological polar surface area (TPSA) is 76.2 Å². The van der Waals surface area contributed by atoms with Crippen LogP contribution in [0.15, 0.2) is 29.1 Å². The second-order valence-corrected chi connectivity index (χ2v) is 4.20. The molecule has 6 nitrogen and oxygen atoms in total. The Balaban J connectivity index is 2.55. The molecule has 0 spiro atoms. The lowest BCUT2D eigenvalue weighted by molar-refractivity contribution is 0.404. The molecule has 0 amide bonds. The van der Waals surface area contributed by atoms with Crippen molar-refractivity contribution in [3.05, 3.63) is 40.2 Å². The lowest BCUT2D eigenvalue weighted by atomic mass is 10.1. The van der Waals surface area contributed by atoms with Crippen LogP contribution in [0, 0.1) is 0 Å². The molecule has 2 aromatic rings. The van der Waals surface area contributed by atoms with Crippen LogP contribution in [0.4, 0.5) is 0 Å². The van der Waals surface area contributed by atoms with E-state index in [9.17, 15) is 4.79 Å². The van der Waals surface area contributed by atoms with Gasteiger partial charge in [-0.1, -0.05) is 0 Å². The summed E-state index contributed by atoms with van der Waals surface area (Å²) in [6.07, 6.45) is 0. The highest BCUT2D eigenvalue weighted by Crippen LogP contribution is 2.31. The predicted molar refractivity (Wildman–Crippen MR) is 76.2 cm³/mol. The summed E-state index contributed by atoms with van der Waals surface area (Å²) in [6, 6.07) is 7.18. The fourth-order valence-corrected chi connectivity index (χ4v) is 1.92. The van der Waals surface area contributed by atoms with Crippen LogP contribution in [-0.4, -0.2) is 31.5 Å². The van der Waals surface area contributed by atoms with Crippen LogP contribution < -0.4 is 20.3 Å². The maximum Gasteiger partial charge on any atom is 0.268 e. The average molecular weight is 275 g/mol. The number of hydrogen-bond donors (Lipinski definition) is 2. The molecule has 0 radical (unpaired) electrons. The minimum atomic E-state index is -0.204. The van der Waals surface area contributed by atoms with E-state index in [0.717, 1.165) is 5.56 Å². The third kappa shape index (κ3) is 2.80. The maximum absolute atomic E-state index is 11.7. The molecule has 2 rings (SSSR count). The monoisotopic (exact) mass is 275 g/mol. The lowest BCUT2D eigenvalue weighted by Crippen LogP contribution is -2.19. The van der Waals surface area contributed by atoms with Crippen molar-refractivity contribution in [2.75, 3.05) is 21.3 Å². The van der Waals surface area contributed by atoms with Crippen molar-refractivity contribution in [3.8, 4) is 22.8 Å². The molecule has 6 heteroatoms. The van der Waals surface area contributed by atoms with Crippen LogP contribution >= 0.6 is 0 Å². The molecular formula is C14H17N3O3. The van der Waals surface area contributed by atoms with Crippen molar-refractivity contribution in [3.63, 3.8) is 0 Å². The van der Waals surface area contributed by atoms with Gasteiger partial charge in [-0.15, -0.1) is 0 Å². The van der Waals surface area contributed by atoms with E-state index in [1.807, 2.05) is 12.1 Å². The quantitative estimate of drug-likeness (QED) is 0.856. The molecule has 0 fully saturated rings. The third-order valence-corrected chi connectivity index (χ3v) is 2.93. The van der Waals surface area contributed by atoms with Crippen LogP contribution in [0.1, 0.15) is 5.56 Å². The van der Waals surface area contributed by atoms with Crippen molar-refractivity contribution in [1.29, 1.82) is 0 Å². The molecule has 106 valence electrons. The summed E-state index contributed by atoms with van der Waals surface area (Å²) in [6.45, 7) is 0.469. The van der Waals surface area contributed by atoms with E-state index in [0.29, 0.717) is 29.3 Å². The van der Waals surface area contributed by atoms with E-state index in [4.69, 9.17) is 9.47 Å². The van der Waals surface area contributed by atoms with Gasteiger partial charge in [0.2, 0.25) is 0 Å². The number of aromatic amines is 1. The van der Waals surface area contributed by atoms with Crippen LogP contribution in [0.5, 0.6) is 11.5 Å². The summed E-state index contributed by atoms with van der Waals surface area (Å²) in [5.74, 6) is 1.37. The van der Waals surface area contributed by atoms with E-state index in [2.05, 4.69) is 15.5 Å². The Kier molecular flexibility index (Phi) is 4.37. The Hall–Kier alpha value is -2.34. The molecule has 0 atom stereocenters. The van der Waals surface area contributed by atoms with Gasteiger partial charge in [0, 0.05) is 17.7 Å². The molecule has 0 aliphatic heterocycles. The molecule has 0 aliphatic carbocycles. The van der Waals surface area contributed by atoms with Gasteiger partial charge in [-0.25, -0.2) is 5.10 Å². The molecule has 1 aromatic heterocycles. The Bertz CT molecular complexity index is 652. The Morgan fingerprint density at radius 2 is 2.05 bits per heavy atom. The summed E-state index contributed by atoms with van der Waals surface area (Å²) in [7, 11) is 4.97. The van der Waals surface area contributed by atoms with Gasteiger partial charge >= 0.3 is 0 Å². The number of nitrogens with zero attached hydrogens (tertiary/aromatic N) is 1. The van der Waals surface area contributed by atoms with Crippen molar-refractivity contribution in [2.45, 2.75) is 6.54 Å². The van der Waals surface area contributed by atoms with E-state index >= 15 is 0 Å². The van der Waals surface area contributed by atoms with Crippen LogP contribution in [0.25, 0.3) is 11.3 Å². The van der Waals surface area contributed by atoms with Crippen molar-refractivity contribution in [2.24, 2.45) is 0 Å². The first-order chi connectivity index (χ1) is 9.69. The van der Waals surface area contributed by atoms with Crippen LogP contribution in [0.3, 0.4) is 0 Å². The Morgan fingerprint density at radius 3 is 2.70 bits per heavy atom. The fourth-order valence-electron chi connectivity index (χ4n) is 1.92. The van der Waals surface area contributed by atoms with Gasteiger partial charge in [0.15, 0.2) is 0 Å². The van der Waals surface area contributed by atoms with Gasteiger partial charge in [0.05, 0.1) is 19.9 Å². The first-order valence-corrected chi connectivity index (χ1v) is 6.15. The van der Waals surface area contributed by atoms with E-state index in [1.54, 1.807) is 33.4 Å². The Morgan fingerprint density at radius 1 is 1.25 bits per heavy atom. The molecule has 2 N–H and O–H groups in total. The first kappa shape index (κ1) is 14.1. The van der Waals surface area contributed by atoms with E-state index < -0.39 is 0 Å². The summed E-state index contributed by atoms with van der Waals surface area (Å²) in [4.78, 5) is 11.7. The largest absolute Gasteiger partial charge is 0.497 e. The van der Waals surface area contributed by atoms with Gasteiger partial charge in [-0.3, -0.25) is 4.79 Å². The number of nitrogens with one attached hydrogen (secondary N) is 2. The molecule has 0 bridgehead atoms. The lowest BCUT2D eigenvalue weighted by Gasteiger charge is -2.10. The highest BCUT2D eigenvalue weighted by Gasteiger charge is 2.11. The molecule has 0 saturated heterocycles.